The second-order valence-corrected chi connectivity index (χ2v) is 8.30. The summed E-state index contributed by atoms with van der Waals surface area (Å²) in [5.41, 5.74) is 4.44. The van der Waals surface area contributed by atoms with Gasteiger partial charge in [0.1, 0.15) is 0 Å². The lowest BCUT2D eigenvalue weighted by Gasteiger charge is -2.32. The summed E-state index contributed by atoms with van der Waals surface area (Å²) in [6.07, 6.45) is 2.30. The minimum atomic E-state index is -0.0584. The lowest BCUT2D eigenvalue weighted by atomic mass is 9.97. The Hall–Kier alpha value is -2.99. The van der Waals surface area contributed by atoms with Crippen molar-refractivity contribution in [3.05, 3.63) is 59.3 Å². The van der Waals surface area contributed by atoms with E-state index in [1.54, 1.807) is 18.2 Å². The number of piperidine rings is 1. The van der Waals surface area contributed by atoms with Gasteiger partial charge in [-0.2, -0.15) is 0 Å². The molecule has 2 aliphatic rings. The zero-order valence-electron chi connectivity index (χ0n) is 17.2. The molecule has 2 aliphatic heterocycles. The van der Waals surface area contributed by atoms with E-state index in [-0.39, 0.29) is 12.7 Å². The number of nitrogens with zero attached hydrogens (tertiary/aromatic N) is 1. The molecule has 1 saturated heterocycles. The van der Waals surface area contributed by atoms with Gasteiger partial charge < -0.3 is 19.8 Å². The van der Waals surface area contributed by atoms with E-state index in [4.69, 9.17) is 9.47 Å². The van der Waals surface area contributed by atoms with Gasteiger partial charge in [0, 0.05) is 41.8 Å². The summed E-state index contributed by atoms with van der Waals surface area (Å²) in [6, 6.07) is 13.8. The lowest BCUT2D eigenvalue weighted by molar-refractivity contribution is 0.0930. The molecule has 1 aromatic heterocycles. The molecule has 1 atom stereocenters. The van der Waals surface area contributed by atoms with Gasteiger partial charge in [-0.1, -0.05) is 18.2 Å². The standard InChI is InChI=1S/C24H27N3O3/c1-16-19-6-2-3-7-20(19)26-21(16)14-27-10-4-5-17(13-27)12-25-24(28)18-8-9-22-23(11-18)30-15-29-22/h2-3,6-9,11,17,26H,4-5,10,12-15H2,1H3,(H,25,28). The Kier molecular flexibility index (Phi) is 5.09. The van der Waals surface area contributed by atoms with Crippen LogP contribution in [0.1, 0.15) is 34.5 Å². The number of nitrogens with one attached hydrogen (secondary N) is 2. The van der Waals surface area contributed by atoms with E-state index in [9.17, 15) is 4.79 Å². The van der Waals surface area contributed by atoms with E-state index in [1.807, 2.05) is 0 Å². The van der Waals surface area contributed by atoms with Crippen LogP contribution >= 0.6 is 0 Å². The van der Waals surface area contributed by atoms with Gasteiger partial charge in [0.2, 0.25) is 6.79 Å². The van der Waals surface area contributed by atoms with Crippen LogP contribution in [0.2, 0.25) is 0 Å². The fourth-order valence-electron chi connectivity index (χ4n) is 4.56. The van der Waals surface area contributed by atoms with Crippen molar-refractivity contribution in [1.82, 2.24) is 15.2 Å². The molecule has 6 nitrogen and oxygen atoms in total. The number of H-pyrrole nitrogens is 1. The Morgan fingerprint density at radius 3 is 2.97 bits per heavy atom. The third-order valence-electron chi connectivity index (χ3n) is 6.24. The number of fused-ring (bicyclic) bond motifs is 2. The highest BCUT2D eigenvalue weighted by Crippen LogP contribution is 2.32. The number of hydrogen-bond acceptors (Lipinski definition) is 4. The van der Waals surface area contributed by atoms with Gasteiger partial charge >= 0.3 is 0 Å². The molecular weight excluding hydrogens is 378 g/mol. The van der Waals surface area contributed by atoms with Crippen LogP contribution in [0.4, 0.5) is 0 Å². The Morgan fingerprint density at radius 1 is 1.20 bits per heavy atom. The molecule has 1 amide bonds. The van der Waals surface area contributed by atoms with Crippen LogP contribution in [0.15, 0.2) is 42.5 Å². The van der Waals surface area contributed by atoms with Gasteiger partial charge in [-0.25, -0.2) is 0 Å². The van der Waals surface area contributed by atoms with Gasteiger partial charge in [-0.05, 0) is 62.1 Å². The molecule has 3 aromatic rings. The van der Waals surface area contributed by atoms with Crippen LogP contribution in [0.3, 0.4) is 0 Å². The average Bonchev–Trinajstić information content (AvgIpc) is 3.36. The average molecular weight is 405 g/mol. The molecule has 6 heteroatoms. The number of likely N-dealkylation sites (tertiary alicyclic amines) is 1. The summed E-state index contributed by atoms with van der Waals surface area (Å²) in [7, 11) is 0. The zero-order valence-corrected chi connectivity index (χ0v) is 17.2. The molecule has 156 valence electrons. The number of benzene rings is 2. The molecule has 0 aliphatic carbocycles. The van der Waals surface area contributed by atoms with Crippen molar-refractivity contribution in [3.8, 4) is 11.5 Å². The molecule has 0 bridgehead atoms. The summed E-state index contributed by atoms with van der Waals surface area (Å²) in [5, 5.41) is 4.41. The first-order valence-electron chi connectivity index (χ1n) is 10.6. The molecule has 2 aromatic carbocycles. The number of amides is 1. The molecule has 3 heterocycles. The first-order valence-corrected chi connectivity index (χ1v) is 10.6. The third-order valence-corrected chi connectivity index (χ3v) is 6.24. The van der Waals surface area contributed by atoms with Crippen molar-refractivity contribution < 1.29 is 14.3 Å². The topological polar surface area (TPSA) is 66.6 Å². The monoisotopic (exact) mass is 405 g/mol. The Labute approximate surface area is 176 Å². The largest absolute Gasteiger partial charge is 0.454 e. The van der Waals surface area contributed by atoms with Crippen LogP contribution in [-0.4, -0.2) is 42.2 Å². The van der Waals surface area contributed by atoms with Crippen molar-refractivity contribution in [3.63, 3.8) is 0 Å². The fourth-order valence-corrected chi connectivity index (χ4v) is 4.56. The van der Waals surface area contributed by atoms with Crippen LogP contribution in [0, 0.1) is 12.8 Å². The van der Waals surface area contributed by atoms with E-state index < -0.39 is 0 Å². The quantitative estimate of drug-likeness (QED) is 0.677. The summed E-state index contributed by atoms with van der Waals surface area (Å²) in [6.45, 7) is 6.12. The fraction of sp³-hybridized carbons (Fsp3) is 0.375. The zero-order chi connectivity index (χ0) is 20.5. The van der Waals surface area contributed by atoms with Crippen LogP contribution in [-0.2, 0) is 6.54 Å². The van der Waals surface area contributed by atoms with Crippen LogP contribution in [0.25, 0.3) is 10.9 Å². The normalized spacial score (nSPS) is 18.6. The summed E-state index contributed by atoms with van der Waals surface area (Å²) >= 11 is 0. The van der Waals surface area contributed by atoms with Gasteiger partial charge in [0.25, 0.3) is 5.91 Å². The van der Waals surface area contributed by atoms with E-state index in [1.165, 1.54) is 22.2 Å². The Morgan fingerprint density at radius 2 is 2.07 bits per heavy atom. The van der Waals surface area contributed by atoms with Gasteiger partial charge in [0.05, 0.1) is 0 Å². The van der Waals surface area contributed by atoms with Gasteiger partial charge in [0.15, 0.2) is 11.5 Å². The predicted octanol–water partition coefficient (Wildman–Crippen LogP) is 3.85. The van der Waals surface area contributed by atoms with Crippen molar-refractivity contribution >= 4 is 16.8 Å². The lowest BCUT2D eigenvalue weighted by Crippen LogP contribution is -2.40. The maximum absolute atomic E-state index is 12.6. The molecule has 1 fully saturated rings. The van der Waals surface area contributed by atoms with Crippen molar-refractivity contribution in [1.29, 1.82) is 0 Å². The smallest absolute Gasteiger partial charge is 0.251 e. The maximum Gasteiger partial charge on any atom is 0.251 e. The number of carbonyl (C=O) groups excluding carboxylic acids is 1. The van der Waals surface area contributed by atoms with Gasteiger partial charge in [-0.15, -0.1) is 0 Å². The van der Waals surface area contributed by atoms with Gasteiger partial charge in [-0.3, -0.25) is 9.69 Å². The number of para-hydroxylation sites is 1. The number of hydrogen-bond donors (Lipinski definition) is 2. The van der Waals surface area contributed by atoms with Crippen molar-refractivity contribution in [2.24, 2.45) is 5.92 Å². The molecule has 30 heavy (non-hydrogen) atoms. The maximum atomic E-state index is 12.6. The summed E-state index contributed by atoms with van der Waals surface area (Å²) < 4.78 is 10.7. The second kappa shape index (κ2) is 8.03. The van der Waals surface area contributed by atoms with E-state index in [2.05, 4.69) is 46.4 Å². The Balaban J connectivity index is 1.18. The molecule has 0 saturated carbocycles. The number of aryl methyl sites for hydroxylation is 1. The number of aromatic amines is 1. The van der Waals surface area contributed by atoms with Crippen LogP contribution < -0.4 is 14.8 Å². The highest BCUT2D eigenvalue weighted by atomic mass is 16.7. The number of carbonyl (C=O) groups is 1. The number of aromatic nitrogens is 1. The molecule has 2 N–H and O–H groups in total. The van der Waals surface area contributed by atoms with Crippen molar-refractivity contribution in [2.45, 2.75) is 26.3 Å². The second-order valence-electron chi connectivity index (χ2n) is 8.30. The molecule has 0 spiro atoms. The molecule has 0 radical (unpaired) electrons. The number of rotatable bonds is 5. The first kappa shape index (κ1) is 19.0. The number of ether oxygens (including phenoxy) is 2. The minimum absolute atomic E-state index is 0.0584. The SMILES string of the molecule is Cc1c(CN2CCCC(CNC(=O)c3ccc4c(c3)OCO4)C2)[nH]c2ccccc12. The van der Waals surface area contributed by atoms with Crippen molar-refractivity contribution in [2.75, 3.05) is 26.4 Å². The third kappa shape index (κ3) is 3.75. The highest BCUT2D eigenvalue weighted by molar-refractivity contribution is 5.94. The van der Waals surface area contributed by atoms with E-state index in [0.29, 0.717) is 29.5 Å². The molecule has 5 rings (SSSR count). The minimum Gasteiger partial charge on any atom is -0.454 e. The van der Waals surface area contributed by atoms with E-state index in [0.717, 1.165) is 32.5 Å². The molecular formula is C24H27N3O3. The first-order chi connectivity index (χ1) is 14.7. The summed E-state index contributed by atoms with van der Waals surface area (Å²) in [4.78, 5) is 18.7. The Bertz CT molecular complexity index is 1070. The van der Waals surface area contributed by atoms with E-state index >= 15 is 0 Å². The summed E-state index contributed by atoms with van der Waals surface area (Å²) in [5.74, 6) is 1.74. The predicted molar refractivity (Wildman–Crippen MR) is 116 cm³/mol. The van der Waals surface area contributed by atoms with Crippen LogP contribution in [0.5, 0.6) is 11.5 Å². The molecule has 1 unspecified atom stereocenters. The highest BCUT2D eigenvalue weighted by Gasteiger charge is 2.22.